The van der Waals surface area contributed by atoms with Gasteiger partial charge in [0.1, 0.15) is 5.76 Å². The molecule has 1 saturated heterocycles. The van der Waals surface area contributed by atoms with Gasteiger partial charge in [-0.25, -0.2) is 0 Å². The molecule has 1 N–H and O–H groups in total. The number of hydrogen-bond acceptors (Lipinski definition) is 5. The molecule has 29 heavy (non-hydrogen) atoms. The number of rotatable bonds is 4. The Bertz CT molecular complexity index is 1090. The third-order valence-corrected chi connectivity index (χ3v) is 4.95. The molecule has 1 aliphatic heterocycles. The highest BCUT2D eigenvalue weighted by atomic mass is 16.3. The van der Waals surface area contributed by atoms with Crippen LogP contribution in [0.3, 0.4) is 0 Å². The second-order valence-corrected chi connectivity index (χ2v) is 6.93. The van der Waals surface area contributed by atoms with Crippen LogP contribution in [0, 0.1) is 6.92 Å². The third kappa shape index (κ3) is 3.52. The number of pyridine rings is 2. The van der Waals surface area contributed by atoms with Crippen molar-refractivity contribution < 1.29 is 14.7 Å². The summed E-state index contributed by atoms with van der Waals surface area (Å²) in [6, 6.07) is 13.8. The molecule has 1 atom stereocenters. The number of nitrogens with zero attached hydrogens (tertiary/aromatic N) is 3. The summed E-state index contributed by atoms with van der Waals surface area (Å²) in [7, 11) is 0. The molecule has 6 heteroatoms. The molecule has 1 aliphatic rings. The summed E-state index contributed by atoms with van der Waals surface area (Å²) in [5, 5.41) is 10.9. The summed E-state index contributed by atoms with van der Waals surface area (Å²) in [6.07, 6.45) is 6.35. The molecule has 3 heterocycles. The van der Waals surface area contributed by atoms with Gasteiger partial charge in [-0.05, 0) is 42.3 Å². The van der Waals surface area contributed by atoms with E-state index in [-0.39, 0.29) is 17.9 Å². The van der Waals surface area contributed by atoms with Crippen LogP contribution in [-0.4, -0.2) is 31.7 Å². The van der Waals surface area contributed by atoms with Crippen molar-refractivity contribution in [1.29, 1.82) is 0 Å². The van der Waals surface area contributed by atoms with E-state index < -0.39 is 17.7 Å². The van der Waals surface area contributed by atoms with Gasteiger partial charge in [0, 0.05) is 36.9 Å². The second-order valence-electron chi connectivity index (χ2n) is 6.93. The lowest BCUT2D eigenvalue weighted by Crippen LogP contribution is -2.29. The van der Waals surface area contributed by atoms with Crippen LogP contribution in [0.15, 0.2) is 78.9 Å². The zero-order valence-electron chi connectivity index (χ0n) is 15.8. The van der Waals surface area contributed by atoms with E-state index in [0.29, 0.717) is 5.56 Å². The molecular weight excluding hydrogens is 366 g/mol. The number of carbonyl (C=O) groups excluding carboxylic acids is 2. The number of amides is 1. The van der Waals surface area contributed by atoms with Gasteiger partial charge in [-0.3, -0.25) is 19.6 Å². The molecule has 3 aromatic rings. The van der Waals surface area contributed by atoms with Crippen molar-refractivity contribution in [3.63, 3.8) is 0 Å². The minimum Gasteiger partial charge on any atom is -0.507 e. The maximum Gasteiger partial charge on any atom is 0.295 e. The monoisotopic (exact) mass is 385 g/mol. The van der Waals surface area contributed by atoms with Crippen LogP contribution >= 0.6 is 0 Å². The molecule has 0 aliphatic carbocycles. The maximum absolute atomic E-state index is 13.0. The van der Waals surface area contributed by atoms with E-state index in [1.54, 1.807) is 36.7 Å². The van der Waals surface area contributed by atoms with Crippen LogP contribution in [0.2, 0.25) is 0 Å². The number of aliphatic hydroxyl groups is 1. The van der Waals surface area contributed by atoms with Crippen LogP contribution in [0.25, 0.3) is 5.76 Å². The highest BCUT2D eigenvalue weighted by Crippen LogP contribution is 2.40. The SMILES string of the molecule is Cc1cccc(C2/C(=C(/O)c3ccncc3)C(=O)C(=O)N2Cc2ccncc2)c1. The fraction of sp³-hybridized carbons (Fsp3) is 0.130. The first-order valence-electron chi connectivity index (χ1n) is 9.20. The summed E-state index contributed by atoms with van der Waals surface area (Å²) < 4.78 is 0. The van der Waals surface area contributed by atoms with E-state index in [9.17, 15) is 14.7 Å². The zero-order chi connectivity index (χ0) is 20.4. The Morgan fingerprint density at radius 2 is 1.66 bits per heavy atom. The highest BCUT2D eigenvalue weighted by Gasteiger charge is 2.46. The molecular formula is C23H19N3O3. The lowest BCUT2D eigenvalue weighted by Gasteiger charge is -2.25. The fourth-order valence-corrected chi connectivity index (χ4v) is 3.58. The molecule has 6 nitrogen and oxygen atoms in total. The number of ketones is 1. The van der Waals surface area contributed by atoms with Crippen LogP contribution in [0.5, 0.6) is 0 Å². The molecule has 2 aromatic heterocycles. The van der Waals surface area contributed by atoms with Crippen molar-refractivity contribution in [2.45, 2.75) is 19.5 Å². The van der Waals surface area contributed by atoms with Gasteiger partial charge in [-0.15, -0.1) is 0 Å². The molecule has 1 amide bonds. The normalized spacial score (nSPS) is 18.2. The third-order valence-electron chi connectivity index (χ3n) is 4.95. The van der Waals surface area contributed by atoms with Gasteiger partial charge in [0.25, 0.3) is 11.7 Å². The molecule has 0 radical (unpaired) electrons. The Kier molecular flexibility index (Phi) is 4.91. The Morgan fingerprint density at radius 3 is 2.31 bits per heavy atom. The number of aryl methyl sites for hydroxylation is 1. The first-order chi connectivity index (χ1) is 14.1. The zero-order valence-corrected chi connectivity index (χ0v) is 15.8. The Labute approximate surface area is 168 Å². The molecule has 144 valence electrons. The van der Waals surface area contributed by atoms with E-state index in [0.717, 1.165) is 16.7 Å². The van der Waals surface area contributed by atoms with E-state index in [4.69, 9.17) is 0 Å². The largest absolute Gasteiger partial charge is 0.507 e. The fourth-order valence-electron chi connectivity index (χ4n) is 3.58. The summed E-state index contributed by atoms with van der Waals surface area (Å²) >= 11 is 0. The van der Waals surface area contributed by atoms with Crippen molar-refractivity contribution in [3.8, 4) is 0 Å². The number of aliphatic hydroxyl groups excluding tert-OH is 1. The molecule has 1 unspecified atom stereocenters. The number of likely N-dealkylation sites (tertiary alicyclic amines) is 1. The topological polar surface area (TPSA) is 83.4 Å². The van der Waals surface area contributed by atoms with Crippen LogP contribution < -0.4 is 0 Å². The summed E-state index contributed by atoms with van der Waals surface area (Å²) in [6.45, 7) is 2.18. The lowest BCUT2D eigenvalue weighted by molar-refractivity contribution is -0.140. The van der Waals surface area contributed by atoms with Gasteiger partial charge in [-0.2, -0.15) is 0 Å². The number of aromatic nitrogens is 2. The van der Waals surface area contributed by atoms with E-state index in [2.05, 4.69) is 9.97 Å². The highest BCUT2D eigenvalue weighted by molar-refractivity contribution is 6.46. The van der Waals surface area contributed by atoms with Crippen molar-refractivity contribution in [3.05, 3.63) is 101 Å². The maximum atomic E-state index is 13.0. The van der Waals surface area contributed by atoms with Crippen LogP contribution in [0.1, 0.15) is 28.3 Å². The Balaban J connectivity index is 1.87. The van der Waals surface area contributed by atoms with Crippen molar-refractivity contribution >= 4 is 17.4 Å². The average molecular weight is 385 g/mol. The number of Topliss-reactive ketones (excluding diaryl/α,β-unsaturated/α-hetero) is 1. The molecule has 1 aromatic carbocycles. The molecule has 4 rings (SSSR count). The van der Waals surface area contributed by atoms with Crippen molar-refractivity contribution in [2.75, 3.05) is 0 Å². The van der Waals surface area contributed by atoms with Crippen LogP contribution in [-0.2, 0) is 16.1 Å². The number of carbonyl (C=O) groups is 2. The van der Waals surface area contributed by atoms with E-state index >= 15 is 0 Å². The molecule has 1 fully saturated rings. The summed E-state index contributed by atoms with van der Waals surface area (Å²) in [5.74, 6) is -1.53. The van der Waals surface area contributed by atoms with Gasteiger partial charge in [0.05, 0.1) is 11.6 Å². The van der Waals surface area contributed by atoms with Gasteiger partial charge >= 0.3 is 0 Å². The van der Waals surface area contributed by atoms with Crippen LogP contribution in [0.4, 0.5) is 0 Å². The number of benzene rings is 1. The van der Waals surface area contributed by atoms with Crippen molar-refractivity contribution in [1.82, 2.24) is 14.9 Å². The Hall–Kier alpha value is -3.80. The summed E-state index contributed by atoms with van der Waals surface area (Å²) in [4.78, 5) is 35.3. The van der Waals surface area contributed by atoms with E-state index in [1.165, 1.54) is 17.3 Å². The smallest absolute Gasteiger partial charge is 0.295 e. The second kappa shape index (κ2) is 7.67. The molecule has 0 spiro atoms. The van der Waals surface area contributed by atoms with Crippen molar-refractivity contribution in [2.24, 2.45) is 0 Å². The number of hydrogen-bond donors (Lipinski definition) is 1. The minimum atomic E-state index is -0.695. The average Bonchev–Trinajstić information content (AvgIpc) is 2.99. The predicted octanol–water partition coefficient (Wildman–Crippen LogP) is 3.41. The predicted molar refractivity (Wildman–Crippen MR) is 107 cm³/mol. The standard InChI is InChI=1S/C23H19N3O3/c1-15-3-2-4-18(13-15)20-19(21(27)17-7-11-25-12-8-17)22(28)23(29)26(20)14-16-5-9-24-10-6-16/h2-13,20,27H,14H2,1H3/b21-19-. The quantitative estimate of drug-likeness (QED) is 0.423. The minimum absolute atomic E-state index is 0.0841. The van der Waals surface area contributed by atoms with E-state index in [1.807, 2.05) is 31.2 Å². The molecule has 0 saturated carbocycles. The lowest BCUT2D eigenvalue weighted by atomic mass is 9.94. The first kappa shape index (κ1) is 18.6. The van der Waals surface area contributed by atoms with Gasteiger partial charge in [0.15, 0.2) is 0 Å². The van der Waals surface area contributed by atoms with Gasteiger partial charge in [-0.1, -0.05) is 29.8 Å². The van der Waals surface area contributed by atoms with Gasteiger partial charge in [0.2, 0.25) is 0 Å². The Morgan fingerprint density at radius 1 is 1.00 bits per heavy atom. The summed E-state index contributed by atoms with van der Waals surface area (Å²) in [5.41, 5.74) is 3.15. The first-order valence-corrected chi connectivity index (χ1v) is 9.20. The molecule has 0 bridgehead atoms. The van der Waals surface area contributed by atoms with Gasteiger partial charge < -0.3 is 10.0 Å².